The van der Waals surface area contributed by atoms with E-state index in [0.29, 0.717) is 0 Å². The van der Waals surface area contributed by atoms with Crippen LogP contribution in [0.3, 0.4) is 0 Å². The summed E-state index contributed by atoms with van der Waals surface area (Å²) in [5.41, 5.74) is 0. The Hall–Kier alpha value is -0.200. The van der Waals surface area contributed by atoms with Crippen molar-refractivity contribution in [3.8, 4) is 0 Å². The van der Waals surface area contributed by atoms with Gasteiger partial charge in [0.1, 0.15) is 18.3 Å². The summed E-state index contributed by atoms with van der Waals surface area (Å²) in [5.74, 6) is 0. The zero-order valence-electron chi connectivity index (χ0n) is 5.21. The zero-order chi connectivity index (χ0) is 7.72. The molecule has 5 heteroatoms. The first-order valence-electron chi connectivity index (χ1n) is 2.97. The monoisotopic (exact) mass is 152 g/mol. The van der Waals surface area contributed by atoms with Gasteiger partial charge in [-0.05, 0) is 0 Å². The molecule has 1 saturated heterocycles. The summed E-state index contributed by atoms with van der Waals surface area (Å²) in [5, 5.41) is 35.0. The molecule has 0 aromatic carbocycles. The molecule has 0 saturated carbocycles. The van der Waals surface area contributed by atoms with E-state index in [1.807, 2.05) is 0 Å². The Bertz CT molecular complexity index is 117. The first-order chi connectivity index (χ1) is 4.66. The van der Waals surface area contributed by atoms with E-state index in [9.17, 15) is 0 Å². The Morgan fingerprint density at radius 2 is 2.00 bits per heavy atom. The van der Waals surface area contributed by atoms with Crippen LogP contribution in [-0.2, 0) is 4.74 Å². The Morgan fingerprint density at radius 3 is 2.20 bits per heavy atom. The van der Waals surface area contributed by atoms with E-state index >= 15 is 0 Å². The van der Waals surface area contributed by atoms with E-state index in [4.69, 9.17) is 20.4 Å². The van der Waals surface area contributed by atoms with Crippen LogP contribution in [0.5, 0.6) is 0 Å². The van der Waals surface area contributed by atoms with Crippen LogP contribution in [0.15, 0.2) is 0 Å². The van der Waals surface area contributed by atoms with Crippen LogP contribution in [0.1, 0.15) is 0 Å². The average molecular weight is 152 g/mol. The average Bonchev–Trinajstić information content (AvgIpc) is 2.17. The first kappa shape index (κ1) is 7.90. The number of ether oxygens (including phenoxy) is 1. The first-order valence-corrected chi connectivity index (χ1v) is 2.97. The van der Waals surface area contributed by atoms with Gasteiger partial charge >= 0.3 is 0 Å². The highest BCUT2D eigenvalue weighted by Crippen LogP contribution is 2.18. The third kappa shape index (κ3) is 1.14. The minimum Gasteiger partial charge on any atom is -0.394 e. The van der Waals surface area contributed by atoms with Crippen molar-refractivity contribution in [3.05, 3.63) is 0 Å². The number of aliphatic hydroxyl groups excluding tert-OH is 4. The van der Waals surface area contributed by atoms with E-state index in [0.717, 1.165) is 0 Å². The van der Waals surface area contributed by atoms with Crippen molar-refractivity contribution in [2.24, 2.45) is 0 Å². The normalized spacial score (nSPS) is 48.0. The summed E-state index contributed by atoms with van der Waals surface area (Å²) in [6.45, 7) is -0.407. The lowest BCUT2D eigenvalue weighted by atomic mass is 10.2. The largest absolute Gasteiger partial charge is 0.394 e. The van der Waals surface area contributed by atoms with Crippen LogP contribution in [-0.4, -0.2) is 51.6 Å². The number of hydrogen-bond donors (Lipinski definition) is 4. The maximum absolute atomic E-state index is 8.93. The fraction of sp³-hybridized carbons (Fsp3) is 1.00. The lowest BCUT2D eigenvalue weighted by Gasteiger charge is -2.09. The Kier molecular flexibility index (Phi) is 2.22. The predicted molar refractivity (Wildman–Crippen MR) is 30.0 cm³/mol. The number of hydrogen-bond acceptors (Lipinski definition) is 5. The van der Waals surface area contributed by atoms with Crippen LogP contribution in [0, 0.1) is 0 Å². The molecule has 0 spiro atoms. The fourth-order valence-corrected chi connectivity index (χ4v) is 0.880. The highest BCUT2D eigenvalue weighted by Gasteiger charge is 2.41. The van der Waals surface area contributed by atoms with Crippen LogP contribution in [0.2, 0.25) is 0 Å². The van der Waals surface area contributed by atoms with Gasteiger partial charge in [0.25, 0.3) is 0 Å². The van der Waals surface area contributed by atoms with Gasteiger partial charge in [-0.1, -0.05) is 0 Å². The molecule has 1 fully saturated rings. The molecule has 1 unspecified atom stereocenters. The minimum absolute atomic E-state index is 0.407. The van der Waals surface area contributed by atoms with Crippen molar-refractivity contribution in [3.63, 3.8) is 0 Å². The molecule has 0 amide bonds. The van der Waals surface area contributed by atoms with E-state index in [1.165, 1.54) is 0 Å². The Morgan fingerprint density at radius 1 is 1.40 bits per heavy atom. The highest BCUT2D eigenvalue weighted by atomic mass is 16.9. The molecule has 1 aliphatic heterocycles. The highest BCUT2D eigenvalue weighted by molar-refractivity contribution is 4.84. The van der Waals surface area contributed by atoms with Crippen molar-refractivity contribution >= 4 is 0 Å². The molecule has 0 aromatic heterocycles. The molecule has 0 aliphatic carbocycles. The van der Waals surface area contributed by atoms with E-state index in [1.54, 1.807) is 0 Å². The van der Waals surface area contributed by atoms with Crippen molar-refractivity contribution in [2.45, 2.75) is 24.6 Å². The van der Waals surface area contributed by atoms with Crippen LogP contribution >= 0.6 is 0 Å². The van der Waals surface area contributed by atoms with Gasteiger partial charge in [-0.3, -0.25) is 0 Å². The Labute approximate surface area is 57.5 Å². The molecule has 0 aromatic rings. The zero-order valence-corrected chi connectivity index (χ0v) is 5.21. The van der Waals surface area contributed by atoms with Gasteiger partial charge in [0.05, 0.1) is 6.61 Å². The molecular weight excluding hydrogens is 142 g/mol. The lowest BCUT2D eigenvalue weighted by Crippen LogP contribution is -2.33. The third-order valence-electron chi connectivity index (χ3n) is 1.52. The van der Waals surface area contributed by atoms with Gasteiger partial charge in [-0.25, -0.2) is 0 Å². The van der Waals surface area contributed by atoms with E-state index in [2.05, 4.69) is 4.74 Å². The van der Waals surface area contributed by atoms with Gasteiger partial charge in [0, 0.05) is 0 Å². The summed E-state index contributed by atoms with van der Waals surface area (Å²) in [6.07, 6.45) is -4.76. The standard InChI is InChI=1S/C5H10O5/c6-1-2-3(7)4(8)5(9)10-2/h2-9H,1H2/t2-,3+,4-,5?/m1/s1/i5+2. The summed E-state index contributed by atoms with van der Waals surface area (Å²) in [7, 11) is 0. The quantitative estimate of drug-likeness (QED) is 0.331. The summed E-state index contributed by atoms with van der Waals surface area (Å²) >= 11 is 0. The van der Waals surface area contributed by atoms with Crippen molar-refractivity contribution in [1.29, 1.82) is 0 Å². The van der Waals surface area contributed by atoms with Gasteiger partial charge in [0.2, 0.25) is 0 Å². The lowest BCUT2D eigenvalue weighted by molar-refractivity contribution is -0.132. The molecule has 4 atom stereocenters. The van der Waals surface area contributed by atoms with Gasteiger partial charge in [0.15, 0.2) is 6.29 Å². The SMILES string of the molecule is OC[C@H]1O[14CH](O)[C@H](O)[C@H]1O. The van der Waals surface area contributed by atoms with Crippen molar-refractivity contribution < 1.29 is 25.2 Å². The second kappa shape index (κ2) is 2.81. The van der Waals surface area contributed by atoms with E-state index < -0.39 is 31.2 Å². The summed E-state index contributed by atoms with van der Waals surface area (Å²) < 4.78 is 4.54. The van der Waals surface area contributed by atoms with Crippen molar-refractivity contribution in [1.82, 2.24) is 0 Å². The molecule has 0 bridgehead atoms. The molecule has 1 heterocycles. The number of aliphatic hydroxyl groups is 4. The molecular formula is C5H10O5. The molecule has 5 nitrogen and oxygen atoms in total. The maximum atomic E-state index is 8.93. The smallest absolute Gasteiger partial charge is 0.184 e. The van der Waals surface area contributed by atoms with E-state index in [-0.39, 0.29) is 0 Å². The predicted octanol–water partition coefficient (Wildman–Crippen LogP) is -2.58. The number of rotatable bonds is 1. The molecule has 0 radical (unpaired) electrons. The fourth-order valence-electron chi connectivity index (χ4n) is 0.880. The summed E-state index contributed by atoms with van der Waals surface area (Å²) in [6, 6.07) is 0. The summed E-state index contributed by atoms with van der Waals surface area (Å²) in [4.78, 5) is 0. The Balaban J connectivity index is 2.53. The van der Waals surface area contributed by atoms with Gasteiger partial charge in [-0.2, -0.15) is 0 Å². The molecule has 1 rings (SSSR count). The van der Waals surface area contributed by atoms with Crippen molar-refractivity contribution in [2.75, 3.05) is 6.61 Å². The van der Waals surface area contributed by atoms with Crippen LogP contribution < -0.4 is 0 Å². The maximum Gasteiger partial charge on any atom is 0.184 e. The van der Waals surface area contributed by atoms with Gasteiger partial charge < -0.3 is 25.2 Å². The molecule has 10 heavy (non-hydrogen) atoms. The second-order valence-electron chi connectivity index (χ2n) is 2.23. The van der Waals surface area contributed by atoms with Gasteiger partial charge in [-0.15, -0.1) is 0 Å². The molecule has 1 aliphatic rings. The second-order valence-corrected chi connectivity index (χ2v) is 2.23. The van der Waals surface area contributed by atoms with Crippen LogP contribution in [0.4, 0.5) is 0 Å². The molecule has 4 N–H and O–H groups in total. The topological polar surface area (TPSA) is 90.2 Å². The minimum atomic E-state index is -1.38. The third-order valence-corrected chi connectivity index (χ3v) is 1.52. The molecule has 60 valence electrons. The van der Waals surface area contributed by atoms with Crippen LogP contribution in [0.25, 0.3) is 0 Å².